The number of rotatable bonds is 4. The maximum atomic E-state index is 11.5. The van der Waals surface area contributed by atoms with Crippen molar-refractivity contribution in [3.63, 3.8) is 0 Å². The molecule has 0 radical (unpaired) electrons. The molecule has 1 heterocycles. The first-order valence-electron chi connectivity index (χ1n) is 6.82. The molecule has 0 amide bonds. The zero-order valence-electron chi connectivity index (χ0n) is 12.2. The Morgan fingerprint density at radius 1 is 1.13 bits per heavy atom. The SMILES string of the molecule is COc1ccc(-n2nc(-c3ccc(Cl)cc3)cc2C(=O)O)cc1. The number of halogens is 1. The molecule has 1 N–H and O–H groups in total. The van der Waals surface area contributed by atoms with Gasteiger partial charge >= 0.3 is 5.97 Å². The standard InChI is InChI=1S/C17H13ClN2O3/c1-23-14-8-6-13(7-9-14)20-16(17(21)22)10-15(19-20)11-2-4-12(18)5-3-11/h2-10H,1H3,(H,21,22). The highest BCUT2D eigenvalue weighted by atomic mass is 35.5. The van der Waals surface area contributed by atoms with E-state index < -0.39 is 5.97 Å². The van der Waals surface area contributed by atoms with Gasteiger partial charge in [-0.2, -0.15) is 5.10 Å². The summed E-state index contributed by atoms with van der Waals surface area (Å²) in [5.74, 6) is -0.357. The molecule has 0 saturated carbocycles. The predicted molar refractivity (Wildman–Crippen MR) is 87.5 cm³/mol. The summed E-state index contributed by atoms with van der Waals surface area (Å²) in [4.78, 5) is 11.5. The fourth-order valence-electron chi connectivity index (χ4n) is 2.22. The predicted octanol–water partition coefficient (Wildman–Crippen LogP) is 3.90. The van der Waals surface area contributed by atoms with Gasteiger partial charge in [0.05, 0.1) is 18.5 Å². The van der Waals surface area contributed by atoms with E-state index in [0.717, 1.165) is 5.56 Å². The molecule has 0 saturated heterocycles. The molecule has 3 aromatic rings. The molecule has 0 fully saturated rings. The van der Waals surface area contributed by atoms with Gasteiger partial charge in [0.1, 0.15) is 5.75 Å². The Balaban J connectivity index is 2.08. The first-order chi connectivity index (χ1) is 11.1. The zero-order chi connectivity index (χ0) is 16.4. The summed E-state index contributed by atoms with van der Waals surface area (Å²) in [7, 11) is 1.57. The molecule has 116 valence electrons. The van der Waals surface area contributed by atoms with E-state index in [4.69, 9.17) is 16.3 Å². The van der Waals surface area contributed by atoms with Crippen molar-refractivity contribution >= 4 is 17.6 Å². The van der Waals surface area contributed by atoms with Gasteiger partial charge in [-0.05, 0) is 42.5 Å². The minimum absolute atomic E-state index is 0.0834. The lowest BCUT2D eigenvalue weighted by atomic mass is 10.1. The van der Waals surface area contributed by atoms with Crippen molar-refractivity contribution < 1.29 is 14.6 Å². The third kappa shape index (κ3) is 3.05. The number of carbonyl (C=O) groups is 1. The number of hydrogen-bond acceptors (Lipinski definition) is 3. The van der Waals surface area contributed by atoms with Crippen LogP contribution in [0.25, 0.3) is 16.9 Å². The molecule has 0 aliphatic heterocycles. The molecule has 0 bridgehead atoms. The lowest BCUT2D eigenvalue weighted by molar-refractivity contribution is 0.0687. The number of carboxylic acid groups (broad SMARTS) is 1. The third-order valence-corrected chi connectivity index (χ3v) is 3.64. The van der Waals surface area contributed by atoms with Crippen LogP contribution in [-0.2, 0) is 0 Å². The average Bonchev–Trinajstić information content (AvgIpc) is 3.01. The summed E-state index contributed by atoms with van der Waals surface area (Å²) in [6, 6.07) is 15.6. The van der Waals surface area contributed by atoms with Crippen LogP contribution in [-0.4, -0.2) is 28.0 Å². The van der Waals surface area contributed by atoms with Crippen LogP contribution in [0, 0.1) is 0 Å². The largest absolute Gasteiger partial charge is 0.497 e. The van der Waals surface area contributed by atoms with Gasteiger partial charge in [0.2, 0.25) is 0 Å². The van der Waals surface area contributed by atoms with Crippen molar-refractivity contribution in [3.05, 3.63) is 65.3 Å². The molecule has 0 aliphatic rings. The van der Waals surface area contributed by atoms with Gasteiger partial charge in [0.25, 0.3) is 0 Å². The second kappa shape index (κ2) is 6.14. The van der Waals surface area contributed by atoms with Crippen molar-refractivity contribution in [2.24, 2.45) is 0 Å². The summed E-state index contributed by atoms with van der Waals surface area (Å²) in [6.07, 6.45) is 0. The minimum Gasteiger partial charge on any atom is -0.497 e. The van der Waals surface area contributed by atoms with Crippen molar-refractivity contribution in [1.29, 1.82) is 0 Å². The fraction of sp³-hybridized carbons (Fsp3) is 0.0588. The Morgan fingerprint density at radius 2 is 1.78 bits per heavy atom. The number of benzene rings is 2. The highest BCUT2D eigenvalue weighted by Gasteiger charge is 2.16. The van der Waals surface area contributed by atoms with Crippen LogP contribution in [0.3, 0.4) is 0 Å². The van der Waals surface area contributed by atoms with Crippen LogP contribution in [0.1, 0.15) is 10.5 Å². The van der Waals surface area contributed by atoms with Gasteiger partial charge in [0.15, 0.2) is 5.69 Å². The lowest BCUT2D eigenvalue weighted by Gasteiger charge is -2.05. The highest BCUT2D eigenvalue weighted by Crippen LogP contribution is 2.24. The molecule has 6 heteroatoms. The Kier molecular flexibility index (Phi) is 4.04. The smallest absolute Gasteiger partial charge is 0.354 e. The first kappa shape index (κ1) is 15.1. The quantitative estimate of drug-likeness (QED) is 0.789. The van der Waals surface area contributed by atoms with E-state index in [1.54, 1.807) is 55.6 Å². The Hall–Kier alpha value is -2.79. The number of aromatic nitrogens is 2. The molecule has 0 unspecified atom stereocenters. The van der Waals surface area contributed by atoms with Gasteiger partial charge < -0.3 is 9.84 Å². The Morgan fingerprint density at radius 3 is 2.35 bits per heavy atom. The van der Waals surface area contributed by atoms with Crippen molar-refractivity contribution in [2.75, 3.05) is 7.11 Å². The molecule has 5 nitrogen and oxygen atoms in total. The zero-order valence-corrected chi connectivity index (χ0v) is 13.0. The molecule has 23 heavy (non-hydrogen) atoms. The monoisotopic (exact) mass is 328 g/mol. The van der Waals surface area contributed by atoms with Gasteiger partial charge in [-0.3, -0.25) is 0 Å². The molecule has 0 aliphatic carbocycles. The summed E-state index contributed by atoms with van der Waals surface area (Å²) in [6.45, 7) is 0. The van der Waals surface area contributed by atoms with Gasteiger partial charge in [-0.25, -0.2) is 9.48 Å². The number of nitrogens with zero attached hydrogens (tertiary/aromatic N) is 2. The Labute approximate surface area is 137 Å². The van der Waals surface area contributed by atoms with Gasteiger partial charge in [0, 0.05) is 10.6 Å². The summed E-state index contributed by atoms with van der Waals surface area (Å²) < 4.78 is 6.50. The molecular weight excluding hydrogens is 316 g/mol. The highest BCUT2D eigenvalue weighted by molar-refractivity contribution is 6.30. The van der Waals surface area contributed by atoms with Crippen molar-refractivity contribution in [3.8, 4) is 22.7 Å². The fourth-order valence-corrected chi connectivity index (χ4v) is 2.34. The third-order valence-electron chi connectivity index (χ3n) is 3.39. The molecule has 0 atom stereocenters. The van der Waals surface area contributed by atoms with Crippen LogP contribution in [0.2, 0.25) is 5.02 Å². The molecule has 2 aromatic carbocycles. The maximum Gasteiger partial charge on any atom is 0.354 e. The summed E-state index contributed by atoms with van der Waals surface area (Å²) in [5.41, 5.74) is 2.09. The van der Waals surface area contributed by atoms with E-state index >= 15 is 0 Å². The van der Waals surface area contributed by atoms with Gasteiger partial charge in [-0.15, -0.1) is 0 Å². The number of carboxylic acids is 1. The van der Waals surface area contributed by atoms with E-state index in [2.05, 4.69) is 5.10 Å². The van der Waals surface area contributed by atoms with E-state index in [-0.39, 0.29) is 5.69 Å². The van der Waals surface area contributed by atoms with E-state index in [0.29, 0.717) is 22.2 Å². The number of hydrogen-bond donors (Lipinski definition) is 1. The van der Waals surface area contributed by atoms with E-state index in [1.807, 2.05) is 0 Å². The van der Waals surface area contributed by atoms with Crippen LogP contribution < -0.4 is 4.74 Å². The summed E-state index contributed by atoms with van der Waals surface area (Å²) >= 11 is 5.88. The van der Waals surface area contributed by atoms with E-state index in [1.165, 1.54) is 10.7 Å². The van der Waals surface area contributed by atoms with Crippen molar-refractivity contribution in [1.82, 2.24) is 9.78 Å². The molecule has 3 rings (SSSR count). The molecular formula is C17H13ClN2O3. The number of aromatic carboxylic acids is 1. The molecule has 1 aromatic heterocycles. The topological polar surface area (TPSA) is 64.4 Å². The minimum atomic E-state index is -1.05. The Bertz CT molecular complexity index is 839. The second-order valence-electron chi connectivity index (χ2n) is 4.84. The van der Waals surface area contributed by atoms with Crippen molar-refractivity contribution in [2.45, 2.75) is 0 Å². The lowest BCUT2D eigenvalue weighted by Crippen LogP contribution is -2.07. The first-order valence-corrected chi connectivity index (χ1v) is 7.20. The second-order valence-corrected chi connectivity index (χ2v) is 5.27. The average molecular weight is 329 g/mol. The normalized spacial score (nSPS) is 10.5. The van der Waals surface area contributed by atoms with Crippen LogP contribution in [0.4, 0.5) is 0 Å². The number of methoxy groups -OCH3 is 1. The van der Waals surface area contributed by atoms with E-state index in [9.17, 15) is 9.90 Å². The molecule has 0 spiro atoms. The summed E-state index contributed by atoms with van der Waals surface area (Å²) in [5, 5.41) is 14.4. The number of ether oxygens (including phenoxy) is 1. The maximum absolute atomic E-state index is 11.5. The van der Waals surface area contributed by atoms with Crippen LogP contribution in [0.5, 0.6) is 5.75 Å². The van der Waals surface area contributed by atoms with Gasteiger partial charge in [-0.1, -0.05) is 23.7 Å². The van der Waals surface area contributed by atoms with Crippen LogP contribution in [0.15, 0.2) is 54.6 Å². The van der Waals surface area contributed by atoms with Crippen LogP contribution >= 0.6 is 11.6 Å².